The summed E-state index contributed by atoms with van der Waals surface area (Å²) in [6, 6.07) is 13.0. The molecule has 0 saturated heterocycles. The third kappa shape index (κ3) is 2.45. The molecule has 0 bridgehead atoms. The van der Waals surface area contributed by atoms with Gasteiger partial charge in [0.1, 0.15) is 5.15 Å². The van der Waals surface area contributed by atoms with Crippen LogP contribution in [-0.2, 0) is 4.74 Å². The van der Waals surface area contributed by atoms with E-state index in [1.807, 2.05) is 30.3 Å². The molecule has 0 amide bonds. The Morgan fingerprint density at radius 1 is 1.18 bits per heavy atom. The Bertz CT molecular complexity index is 540. The van der Waals surface area contributed by atoms with Gasteiger partial charge in [0.2, 0.25) is 0 Å². The molecule has 0 aliphatic carbocycles. The second kappa shape index (κ2) is 4.97. The zero-order valence-electron chi connectivity index (χ0n) is 9.18. The number of hydrogen-bond acceptors (Lipinski definition) is 3. The Morgan fingerprint density at radius 2 is 1.88 bits per heavy atom. The maximum atomic E-state index is 11.3. The van der Waals surface area contributed by atoms with Crippen LogP contribution < -0.4 is 0 Å². The van der Waals surface area contributed by atoms with Gasteiger partial charge in [-0.1, -0.05) is 41.9 Å². The van der Waals surface area contributed by atoms with E-state index in [1.54, 1.807) is 12.1 Å². The van der Waals surface area contributed by atoms with Crippen molar-refractivity contribution < 1.29 is 9.53 Å². The van der Waals surface area contributed by atoms with Gasteiger partial charge in [-0.15, -0.1) is 0 Å². The number of benzene rings is 1. The van der Waals surface area contributed by atoms with Crippen molar-refractivity contribution in [3.05, 3.63) is 53.2 Å². The summed E-state index contributed by atoms with van der Waals surface area (Å²) in [6.45, 7) is 0. The first kappa shape index (κ1) is 11.6. The summed E-state index contributed by atoms with van der Waals surface area (Å²) in [5.74, 6) is -0.484. The number of carbonyl (C=O) groups is 1. The van der Waals surface area contributed by atoms with Gasteiger partial charge in [0.05, 0.1) is 18.4 Å². The Kier molecular flexibility index (Phi) is 3.40. The number of halogens is 1. The molecule has 1 aromatic carbocycles. The van der Waals surface area contributed by atoms with Crippen LogP contribution in [0.1, 0.15) is 10.4 Å². The summed E-state index contributed by atoms with van der Waals surface area (Å²) < 4.78 is 4.60. The molecule has 0 N–H and O–H groups in total. The van der Waals surface area contributed by atoms with Crippen LogP contribution in [0, 0.1) is 0 Å². The molecule has 0 fully saturated rings. The molecule has 17 heavy (non-hydrogen) atoms. The van der Waals surface area contributed by atoms with E-state index in [0.29, 0.717) is 0 Å². The standard InChI is InChI=1S/C13H10ClNO2/c1-17-13(16)10-7-8-11(15-12(10)14)9-5-3-2-4-6-9/h2-8H,1H3. The predicted octanol–water partition coefficient (Wildman–Crippen LogP) is 3.19. The predicted molar refractivity (Wildman–Crippen MR) is 66.0 cm³/mol. The zero-order chi connectivity index (χ0) is 12.3. The Morgan fingerprint density at radius 3 is 2.47 bits per heavy atom. The molecule has 0 spiro atoms. The van der Waals surface area contributed by atoms with Crippen LogP contribution in [0.3, 0.4) is 0 Å². The molecule has 1 aromatic heterocycles. The minimum absolute atomic E-state index is 0.151. The average molecular weight is 248 g/mol. The Balaban J connectivity index is 2.41. The lowest BCUT2D eigenvalue weighted by Gasteiger charge is -2.04. The van der Waals surface area contributed by atoms with Gasteiger partial charge in [-0.2, -0.15) is 0 Å². The van der Waals surface area contributed by atoms with Gasteiger partial charge in [0.15, 0.2) is 0 Å². The van der Waals surface area contributed by atoms with E-state index in [0.717, 1.165) is 11.3 Å². The summed E-state index contributed by atoms with van der Waals surface area (Å²) in [5.41, 5.74) is 1.95. The van der Waals surface area contributed by atoms with Gasteiger partial charge in [0.25, 0.3) is 0 Å². The van der Waals surface area contributed by atoms with Crippen LogP contribution in [0.5, 0.6) is 0 Å². The van der Waals surface area contributed by atoms with Gasteiger partial charge in [-0.25, -0.2) is 9.78 Å². The van der Waals surface area contributed by atoms with Crippen LogP contribution in [0.15, 0.2) is 42.5 Å². The highest BCUT2D eigenvalue weighted by Gasteiger charge is 2.12. The first-order chi connectivity index (χ1) is 8.22. The van der Waals surface area contributed by atoms with Gasteiger partial charge in [-0.05, 0) is 12.1 Å². The van der Waals surface area contributed by atoms with E-state index in [4.69, 9.17) is 11.6 Å². The molecule has 0 atom stereocenters. The van der Waals surface area contributed by atoms with Crippen LogP contribution in [0.2, 0.25) is 5.15 Å². The van der Waals surface area contributed by atoms with E-state index < -0.39 is 5.97 Å². The van der Waals surface area contributed by atoms with Crippen LogP contribution in [0.25, 0.3) is 11.3 Å². The van der Waals surface area contributed by atoms with E-state index in [2.05, 4.69) is 9.72 Å². The average Bonchev–Trinajstić information content (AvgIpc) is 2.39. The molecule has 1 heterocycles. The van der Waals surface area contributed by atoms with Crippen LogP contribution in [0.4, 0.5) is 0 Å². The number of esters is 1. The smallest absolute Gasteiger partial charge is 0.341 e. The first-order valence-corrected chi connectivity index (χ1v) is 5.40. The number of pyridine rings is 1. The lowest BCUT2D eigenvalue weighted by Crippen LogP contribution is -2.03. The molecule has 0 unspecified atom stereocenters. The van der Waals surface area contributed by atoms with E-state index >= 15 is 0 Å². The van der Waals surface area contributed by atoms with Gasteiger partial charge >= 0.3 is 5.97 Å². The van der Waals surface area contributed by atoms with Gasteiger partial charge in [0, 0.05) is 5.56 Å². The third-order valence-electron chi connectivity index (χ3n) is 2.32. The number of hydrogen-bond donors (Lipinski definition) is 0. The van der Waals surface area contributed by atoms with Crippen molar-refractivity contribution in [2.24, 2.45) is 0 Å². The Labute approximate surface area is 104 Å². The lowest BCUT2D eigenvalue weighted by atomic mass is 10.1. The van der Waals surface area contributed by atoms with Crippen molar-refractivity contribution in [1.29, 1.82) is 0 Å². The zero-order valence-corrected chi connectivity index (χ0v) is 9.94. The van der Waals surface area contributed by atoms with Crippen molar-refractivity contribution in [3.63, 3.8) is 0 Å². The first-order valence-electron chi connectivity index (χ1n) is 5.02. The molecule has 0 radical (unpaired) electrons. The molecule has 3 nitrogen and oxygen atoms in total. The monoisotopic (exact) mass is 247 g/mol. The van der Waals surface area contributed by atoms with Crippen molar-refractivity contribution in [2.45, 2.75) is 0 Å². The molecule has 2 aromatic rings. The van der Waals surface area contributed by atoms with Crippen molar-refractivity contribution in [3.8, 4) is 11.3 Å². The van der Waals surface area contributed by atoms with Gasteiger partial charge in [-0.3, -0.25) is 0 Å². The third-order valence-corrected chi connectivity index (χ3v) is 2.61. The second-order valence-corrected chi connectivity index (χ2v) is 3.75. The van der Waals surface area contributed by atoms with Crippen molar-refractivity contribution in [2.75, 3.05) is 7.11 Å². The summed E-state index contributed by atoms with van der Waals surface area (Å²) in [4.78, 5) is 15.5. The molecule has 0 aliphatic heterocycles. The number of nitrogens with zero attached hydrogens (tertiary/aromatic N) is 1. The number of aromatic nitrogens is 1. The molecule has 0 saturated carbocycles. The summed E-state index contributed by atoms with van der Waals surface area (Å²) in [6.07, 6.45) is 0. The van der Waals surface area contributed by atoms with Gasteiger partial charge < -0.3 is 4.74 Å². The summed E-state index contributed by atoms with van der Waals surface area (Å²) >= 11 is 5.94. The van der Waals surface area contributed by atoms with E-state index in [-0.39, 0.29) is 10.7 Å². The highest BCUT2D eigenvalue weighted by atomic mass is 35.5. The topological polar surface area (TPSA) is 39.2 Å². The van der Waals surface area contributed by atoms with Crippen molar-refractivity contribution in [1.82, 2.24) is 4.98 Å². The number of rotatable bonds is 2. The largest absolute Gasteiger partial charge is 0.465 e. The second-order valence-electron chi connectivity index (χ2n) is 3.39. The molecule has 0 aliphatic rings. The summed E-state index contributed by atoms with van der Waals surface area (Å²) in [5, 5.41) is 0.151. The SMILES string of the molecule is COC(=O)c1ccc(-c2ccccc2)nc1Cl. The van der Waals surface area contributed by atoms with Crippen molar-refractivity contribution >= 4 is 17.6 Å². The molecular formula is C13H10ClNO2. The molecule has 2 rings (SSSR count). The highest BCUT2D eigenvalue weighted by molar-refractivity contribution is 6.32. The highest BCUT2D eigenvalue weighted by Crippen LogP contribution is 2.21. The maximum Gasteiger partial charge on any atom is 0.341 e. The maximum absolute atomic E-state index is 11.3. The number of methoxy groups -OCH3 is 1. The normalized spacial score (nSPS) is 10.0. The minimum atomic E-state index is -0.484. The molecule has 86 valence electrons. The van der Waals surface area contributed by atoms with E-state index in [9.17, 15) is 4.79 Å². The van der Waals surface area contributed by atoms with Crippen LogP contribution >= 0.6 is 11.6 Å². The number of ether oxygens (including phenoxy) is 1. The fraction of sp³-hybridized carbons (Fsp3) is 0.0769. The fourth-order valence-electron chi connectivity index (χ4n) is 1.47. The lowest BCUT2D eigenvalue weighted by molar-refractivity contribution is 0.0600. The Hall–Kier alpha value is -1.87. The van der Waals surface area contributed by atoms with Crippen LogP contribution in [-0.4, -0.2) is 18.1 Å². The van der Waals surface area contributed by atoms with E-state index in [1.165, 1.54) is 7.11 Å². The molecular weight excluding hydrogens is 238 g/mol. The summed E-state index contributed by atoms with van der Waals surface area (Å²) in [7, 11) is 1.31. The molecule has 4 heteroatoms. The fourth-order valence-corrected chi connectivity index (χ4v) is 1.70. The quantitative estimate of drug-likeness (QED) is 0.604. The number of carbonyl (C=O) groups excluding carboxylic acids is 1. The minimum Gasteiger partial charge on any atom is -0.465 e.